The van der Waals surface area contributed by atoms with Crippen LogP contribution >= 0.6 is 0 Å². The summed E-state index contributed by atoms with van der Waals surface area (Å²) in [5.74, 6) is 0. The smallest absolute Gasteiger partial charge is 0.00502 e. The van der Waals surface area contributed by atoms with E-state index in [0.29, 0.717) is 5.31 Å². The summed E-state index contributed by atoms with van der Waals surface area (Å²) in [4.78, 5) is 0. The lowest BCUT2D eigenvalue weighted by molar-refractivity contribution is 0.698. The first kappa shape index (κ1) is 11.1. The minimum atomic E-state index is -0.104. The molecule has 0 N–H and O–H groups in total. The molecule has 0 atom stereocenters. The molecule has 0 amide bonds. The molecule has 0 nitrogen and oxygen atoms in total. The van der Waals surface area contributed by atoms with Crippen LogP contribution in [0.4, 0.5) is 0 Å². The van der Waals surface area contributed by atoms with E-state index in [-0.39, 0.29) is 6.15 Å². The quantitative estimate of drug-likeness (QED) is 0.533. The molecular weight excluding hydrogens is 131 g/mol. The molecule has 0 bridgehead atoms. The first-order chi connectivity index (χ1) is 4.93. The summed E-state index contributed by atoms with van der Waals surface area (Å²) < 4.78 is 0. The highest BCUT2D eigenvalue weighted by molar-refractivity contribution is 6.82. The van der Waals surface area contributed by atoms with Gasteiger partial charge in [0, 0.05) is 6.15 Å². The predicted molar refractivity (Wildman–Crippen MR) is 56.9 cm³/mol. The highest BCUT2D eigenvalue weighted by atomic mass is 14.1. The van der Waals surface area contributed by atoms with E-state index in [0.717, 1.165) is 0 Å². The summed E-state index contributed by atoms with van der Waals surface area (Å²) in [6.07, 6.45) is 4.01. The van der Waals surface area contributed by atoms with Crippen molar-refractivity contribution in [1.82, 2.24) is 0 Å². The fraction of sp³-hybridized carbons (Fsp3) is 1.00. The van der Waals surface area contributed by atoms with Crippen molar-refractivity contribution in [2.45, 2.75) is 65.8 Å². The maximum absolute atomic E-state index is 2.39. The van der Waals surface area contributed by atoms with Gasteiger partial charge in [-0.25, -0.2) is 0 Å². The summed E-state index contributed by atoms with van der Waals surface area (Å²) in [5, 5.41) is 0.526. The molecule has 0 heterocycles. The van der Waals surface area contributed by atoms with E-state index in [2.05, 4.69) is 41.5 Å². The second-order valence-corrected chi connectivity index (χ2v) is 5.07. The van der Waals surface area contributed by atoms with E-state index in [4.69, 9.17) is 0 Å². The highest BCUT2D eigenvalue weighted by Gasteiger charge is 2.30. The Morgan fingerprint density at radius 1 is 0.818 bits per heavy atom. The average molecular weight is 155 g/mol. The third-order valence-electron chi connectivity index (χ3n) is 4.18. The molecule has 0 aliphatic heterocycles. The van der Waals surface area contributed by atoms with Crippen LogP contribution in [0.2, 0.25) is 24.3 Å². The minimum Gasteiger partial charge on any atom is -0.181 e. The first-order valence-electron chi connectivity index (χ1n) is 5.13. The van der Waals surface area contributed by atoms with Crippen LogP contribution in [0.3, 0.4) is 0 Å². The Morgan fingerprint density at radius 2 is 1.09 bits per heavy atom. The van der Waals surface area contributed by atoms with Crippen LogP contribution in [0.25, 0.3) is 0 Å². The van der Waals surface area contributed by atoms with E-state index in [1.165, 1.54) is 19.0 Å². The number of rotatable bonds is 3. The zero-order valence-corrected chi connectivity index (χ0v) is 9.20. The fourth-order valence-corrected chi connectivity index (χ4v) is 2.70. The fourth-order valence-electron chi connectivity index (χ4n) is 2.70. The molecule has 68 valence electrons. The van der Waals surface area contributed by atoms with Crippen molar-refractivity contribution in [3.63, 3.8) is 0 Å². The zero-order chi connectivity index (χ0) is 9.12. The molecule has 11 heavy (non-hydrogen) atoms. The standard InChI is InChI=1S/C10H24B/c1-7-11(8-2,9-3)10(4,5)6/h7-9H2,1-6H3/q-1. The van der Waals surface area contributed by atoms with E-state index in [1.807, 2.05) is 0 Å². The van der Waals surface area contributed by atoms with Crippen LogP contribution in [-0.2, 0) is 0 Å². The summed E-state index contributed by atoms with van der Waals surface area (Å²) in [5.41, 5.74) is 0. The first-order valence-corrected chi connectivity index (χ1v) is 5.13. The Balaban J connectivity index is 4.54. The van der Waals surface area contributed by atoms with Gasteiger partial charge in [0.15, 0.2) is 0 Å². The molecule has 0 aliphatic rings. The maximum atomic E-state index is 2.39. The van der Waals surface area contributed by atoms with Gasteiger partial charge in [-0.3, -0.25) is 0 Å². The van der Waals surface area contributed by atoms with Crippen molar-refractivity contribution in [2.24, 2.45) is 0 Å². The van der Waals surface area contributed by atoms with E-state index in [9.17, 15) is 0 Å². The molecule has 0 unspecified atom stereocenters. The third-order valence-corrected chi connectivity index (χ3v) is 4.18. The van der Waals surface area contributed by atoms with Crippen molar-refractivity contribution in [3.8, 4) is 0 Å². The Kier molecular flexibility index (Phi) is 3.67. The van der Waals surface area contributed by atoms with Gasteiger partial charge in [0.05, 0.1) is 0 Å². The van der Waals surface area contributed by atoms with Crippen LogP contribution in [0.5, 0.6) is 0 Å². The summed E-state index contributed by atoms with van der Waals surface area (Å²) in [6.45, 7) is 14.2. The topological polar surface area (TPSA) is 0 Å². The molecule has 0 aromatic carbocycles. The lowest BCUT2D eigenvalue weighted by Crippen LogP contribution is -2.41. The normalized spacial score (nSPS) is 13.6. The summed E-state index contributed by atoms with van der Waals surface area (Å²) in [7, 11) is 0. The van der Waals surface area contributed by atoms with Gasteiger partial charge in [0.1, 0.15) is 0 Å². The Bertz CT molecular complexity index is 98.3. The highest BCUT2D eigenvalue weighted by Crippen LogP contribution is 2.43. The lowest BCUT2D eigenvalue weighted by atomic mass is 9.11. The van der Waals surface area contributed by atoms with Crippen molar-refractivity contribution < 1.29 is 0 Å². The van der Waals surface area contributed by atoms with Crippen molar-refractivity contribution >= 4 is 6.15 Å². The zero-order valence-electron chi connectivity index (χ0n) is 9.20. The Labute approximate surface area is 72.7 Å². The van der Waals surface area contributed by atoms with Gasteiger partial charge in [-0.05, 0) is 0 Å². The van der Waals surface area contributed by atoms with Crippen LogP contribution in [-0.4, -0.2) is 6.15 Å². The van der Waals surface area contributed by atoms with Gasteiger partial charge >= 0.3 is 0 Å². The van der Waals surface area contributed by atoms with Gasteiger partial charge in [0.2, 0.25) is 0 Å². The van der Waals surface area contributed by atoms with Gasteiger partial charge in [-0.1, -0.05) is 41.5 Å². The molecule has 0 aromatic rings. The van der Waals surface area contributed by atoms with E-state index in [1.54, 1.807) is 0 Å². The maximum Gasteiger partial charge on any atom is 0.00502 e. The van der Waals surface area contributed by atoms with Crippen LogP contribution < -0.4 is 0 Å². The molecule has 0 saturated heterocycles. The van der Waals surface area contributed by atoms with Crippen LogP contribution in [0.1, 0.15) is 41.5 Å². The number of hydrogen-bond donors (Lipinski definition) is 0. The van der Waals surface area contributed by atoms with Crippen LogP contribution in [0.15, 0.2) is 0 Å². The molecular formula is C10H24B-. The van der Waals surface area contributed by atoms with Gasteiger partial charge in [-0.15, -0.1) is 0 Å². The second-order valence-electron chi connectivity index (χ2n) is 5.07. The Hall–Kier alpha value is 0.0649. The predicted octanol–water partition coefficient (Wildman–Crippen LogP) is 4.30. The monoisotopic (exact) mass is 155 g/mol. The van der Waals surface area contributed by atoms with Crippen molar-refractivity contribution in [3.05, 3.63) is 0 Å². The molecule has 0 saturated carbocycles. The number of hydrogen-bond acceptors (Lipinski definition) is 0. The van der Waals surface area contributed by atoms with Gasteiger partial charge < -0.3 is 0 Å². The minimum absolute atomic E-state index is 0.104. The summed E-state index contributed by atoms with van der Waals surface area (Å²) in [6, 6.07) is 0. The molecule has 0 fully saturated rings. The van der Waals surface area contributed by atoms with Crippen molar-refractivity contribution in [1.29, 1.82) is 0 Å². The second kappa shape index (κ2) is 3.64. The van der Waals surface area contributed by atoms with E-state index >= 15 is 0 Å². The van der Waals surface area contributed by atoms with Crippen LogP contribution in [0, 0.1) is 0 Å². The van der Waals surface area contributed by atoms with Gasteiger partial charge in [-0.2, -0.15) is 24.3 Å². The molecule has 0 spiro atoms. The molecule has 0 rings (SSSR count). The van der Waals surface area contributed by atoms with E-state index < -0.39 is 0 Å². The molecule has 1 heteroatoms. The third kappa shape index (κ3) is 2.01. The average Bonchev–Trinajstić information content (AvgIpc) is 1.90. The molecule has 0 aromatic heterocycles. The Morgan fingerprint density at radius 3 is 1.09 bits per heavy atom. The molecule has 0 radical (unpaired) electrons. The van der Waals surface area contributed by atoms with Crippen molar-refractivity contribution in [2.75, 3.05) is 0 Å². The van der Waals surface area contributed by atoms with Gasteiger partial charge in [0.25, 0.3) is 0 Å². The SMILES string of the molecule is CC[B-](CC)(CC)C(C)(C)C. The molecule has 0 aliphatic carbocycles. The lowest BCUT2D eigenvalue weighted by Gasteiger charge is -2.49. The largest absolute Gasteiger partial charge is 0.181 e. The summed E-state index contributed by atoms with van der Waals surface area (Å²) >= 11 is 0.